The zero-order chi connectivity index (χ0) is 15.5. The lowest BCUT2D eigenvalue weighted by Crippen LogP contribution is -2.55. The normalized spacial score (nSPS) is 33.2. The fraction of sp³-hybridized carbons (Fsp3) is 1.00. The third kappa shape index (κ3) is 3.96. The average Bonchev–Trinajstić information content (AvgIpc) is 2.48. The summed E-state index contributed by atoms with van der Waals surface area (Å²) in [6, 6.07) is 0. The zero-order valence-corrected chi connectivity index (χ0v) is 14.3. The van der Waals surface area contributed by atoms with Gasteiger partial charge in [0.05, 0.1) is 5.60 Å². The molecule has 0 bridgehead atoms. The molecule has 0 aromatic rings. The van der Waals surface area contributed by atoms with E-state index in [-0.39, 0.29) is 5.60 Å². The second kappa shape index (κ2) is 6.91. The van der Waals surface area contributed by atoms with Crippen molar-refractivity contribution in [1.82, 2.24) is 13.9 Å². The van der Waals surface area contributed by atoms with Crippen molar-refractivity contribution in [1.29, 1.82) is 0 Å². The Kier molecular flexibility index (Phi) is 5.65. The standard InChI is InChI=1S/C14H29N3O3S/c1-14(20-3)7-5-9-17(12-14)21(18,19)16-8-4-6-13(11-16)10-15-2/h13,15H,4-12H2,1-3H3. The molecular weight excluding hydrogens is 290 g/mol. The molecule has 2 heterocycles. The van der Waals surface area contributed by atoms with E-state index in [0.29, 0.717) is 32.1 Å². The van der Waals surface area contributed by atoms with E-state index >= 15 is 0 Å². The van der Waals surface area contributed by atoms with Gasteiger partial charge in [-0.1, -0.05) is 0 Å². The quantitative estimate of drug-likeness (QED) is 0.809. The molecule has 21 heavy (non-hydrogen) atoms. The van der Waals surface area contributed by atoms with Crippen LogP contribution in [0.2, 0.25) is 0 Å². The highest BCUT2D eigenvalue weighted by atomic mass is 32.2. The third-order valence-electron chi connectivity index (χ3n) is 4.74. The van der Waals surface area contributed by atoms with Crippen LogP contribution in [0.4, 0.5) is 0 Å². The molecule has 0 radical (unpaired) electrons. The lowest BCUT2D eigenvalue weighted by molar-refractivity contribution is -0.0332. The molecule has 0 aromatic carbocycles. The monoisotopic (exact) mass is 319 g/mol. The van der Waals surface area contributed by atoms with Crippen molar-refractivity contribution in [2.75, 3.05) is 46.9 Å². The highest BCUT2D eigenvalue weighted by Gasteiger charge is 2.40. The zero-order valence-electron chi connectivity index (χ0n) is 13.5. The Morgan fingerprint density at radius 3 is 2.67 bits per heavy atom. The van der Waals surface area contributed by atoms with Gasteiger partial charge in [-0.2, -0.15) is 17.0 Å². The van der Waals surface area contributed by atoms with Crippen LogP contribution in [0, 0.1) is 5.92 Å². The second-order valence-electron chi connectivity index (χ2n) is 6.52. The summed E-state index contributed by atoms with van der Waals surface area (Å²) >= 11 is 0. The highest BCUT2D eigenvalue weighted by molar-refractivity contribution is 7.86. The van der Waals surface area contributed by atoms with Gasteiger partial charge in [-0.05, 0) is 52.1 Å². The maximum atomic E-state index is 12.9. The number of hydrogen-bond acceptors (Lipinski definition) is 4. The van der Waals surface area contributed by atoms with E-state index in [1.807, 2.05) is 14.0 Å². The first-order valence-corrected chi connectivity index (χ1v) is 9.26. The second-order valence-corrected chi connectivity index (χ2v) is 8.45. The minimum atomic E-state index is -3.36. The maximum Gasteiger partial charge on any atom is 0.282 e. The Bertz CT molecular complexity index is 441. The summed E-state index contributed by atoms with van der Waals surface area (Å²) in [5.74, 6) is 0.414. The Hall–Kier alpha value is -0.210. The Morgan fingerprint density at radius 1 is 1.29 bits per heavy atom. The van der Waals surface area contributed by atoms with Crippen molar-refractivity contribution in [2.45, 2.75) is 38.2 Å². The van der Waals surface area contributed by atoms with Gasteiger partial charge in [0.25, 0.3) is 10.2 Å². The van der Waals surface area contributed by atoms with Crippen molar-refractivity contribution in [3.63, 3.8) is 0 Å². The molecule has 0 spiro atoms. The Morgan fingerprint density at radius 2 is 2.00 bits per heavy atom. The van der Waals surface area contributed by atoms with Gasteiger partial charge < -0.3 is 10.1 Å². The van der Waals surface area contributed by atoms with Crippen LogP contribution in [0.15, 0.2) is 0 Å². The van der Waals surface area contributed by atoms with Gasteiger partial charge >= 0.3 is 0 Å². The lowest BCUT2D eigenvalue weighted by atomic mass is 9.96. The molecule has 124 valence electrons. The Balaban J connectivity index is 2.06. The van der Waals surface area contributed by atoms with Crippen LogP contribution in [0.1, 0.15) is 32.6 Å². The van der Waals surface area contributed by atoms with E-state index < -0.39 is 10.2 Å². The minimum absolute atomic E-state index is 0.356. The number of ether oxygens (including phenoxy) is 1. The highest BCUT2D eigenvalue weighted by Crippen LogP contribution is 2.28. The van der Waals surface area contributed by atoms with Gasteiger partial charge in [0, 0.05) is 33.3 Å². The molecule has 2 rings (SSSR count). The molecule has 0 aliphatic carbocycles. The first kappa shape index (κ1) is 17.1. The van der Waals surface area contributed by atoms with Crippen LogP contribution in [0.3, 0.4) is 0 Å². The number of rotatable bonds is 5. The van der Waals surface area contributed by atoms with E-state index in [9.17, 15) is 8.42 Å². The molecular formula is C14H29N3O3S. The van der Waals surface area contributed by atoms with Crippen LogP contribution in [-0.4, -0.2) is 69.5 Å². The first-order chi connectivity index (χ1) is 9.91. The smallest absolute Gasteiger partial charge is 0.282 e. The van der Waals surface area contributed by atoms with Crippen molar-refractivity contribution in [3.8, 4) is 0 Å². The SMILES string of the molecule is CNCC1CCCN(S(=O)(=O)N2CCCC(C)(OC)C2)C1. The van der Waals surface area contributed by atoms with Crippen molar-refractivity contribution < 1.29 is 13.2 Å². The summed E-state index contributed by atoms with van der Waals surface area (Å²) in [7, 11) is 0.227. The molecule has 0 amide bonds. The molecule has 2 aliphatic heterocycles. The Labute approximate surface area is 129 Å². The average molecular weight is 319 g/mol. The van der Waals surface area contributed by atoms with Crippen LogP contribution in [-0.2, 0) is 14.9 Å². The minimum Gasteiger partial charge on any atom is -0.377 e. The molecule has 2 unspecified atom stereocenters. The van der Waals surface area contributed by atoms with E-state index in [2.05, 4.69) is 5.32 Å². The molecule has 1 N–H and O–H groups in total. The van der Waals surface area contributed by atoms with Crippen LogP contribution < -0.4 is 5.32 Å². The molecule has 7 heteroatoms. The maximum absolute atomic E-state index is 12.9. The van der Waals surface area contributed by atoms with Gasteiger partial charge in [0.2, 0.25) is 0 Å². The van der Waals surface area contributed by atoms with Gasteiger partial charge in [-0.3, -0.25) is 0 Å². The van der Waals surface area contributed by atoms with Crippen molar-refractivity contribution >= 4 is 10.2 Å². The lowest BCUT2D eigenvalue weighted by Gasteiger charge is -2.42. The summed E-state index contributed by atoms with van der Waals surface area (Å²) in [5, 5.41) is 3.16. The number of nitrogens with one attached hydrogen (secondary N) is 1. The molecule has 0 saturated carbocycles. The molecule has 2 saturated heterocycles. The fourth-order valence-electron chi connectivity index (χ4n) is 3.38. The predicted molar refractivity (Wildman–Crippen MR) is 83.4 cm³/mol. The van der Waals surface area contributed by atoms with E-state index in [4.69, 9.17) is 4.74 Å². The van der Waals surface area contributed by atoms with Gasteiger partial charge in [0.15, 0.2) is 0 Å². The van der Waals surface area contributed by atoms with Gasteiger partial charge in [-0.15, -0.1) is 0 Å². The largest absolute Gasteiger partial charge is 0.377 e. The van der Waals surface area contributed by atoms with Crippen LogP contribution in [0.5, 0.6) is 0 Å². The fourth-order valence-corrected chi connectivity index (χ4v) is 5.26. The summed E-state index contributed by atoms with van der Waals surface area (Å²) in [5.41, 5.74) is -0.356. The summed E-state index contributed by atoms with van der Waals surface area (Å²) < 4.78 is 34.5. The number of methoxy groups -OCH3 is 1. The van der Waals surface area contributed by atoms with Crippen molar-refractivity contribution in [3.05, 3.63) is 0 Å². The topological polar surface area (TPSA) is 61.9 Å². The molecule has 2 fully saturated rings. The van der Waals surface area contributed by atoms with Gasteiger partial charge in [0.1, 0.15) is 0 Å². The van der Waals surface area contributed by atoms with E-state index in [1.165, 1.54) is 0 Å². The van der Waals surface area contributed by atoms with Gasteiger partial charge in [-0.25, -0.2) is 0 Å². The number of hydrogen-bond donors (Lipinski definition) is 1. The summed E-state index contributed by atoms with van der Waals surface area (Å²) in [4.78, 5) is 0. The van der Waals surface area contributed by atoms with Crippen molar-refractivity contribution in [2.24, 2.45) is 5.92 Å². The molecule has 2 aliphatic rings. The van der Waals surface area contributed by atoms with Crippen LogP contribution in [0.25, 0.3) is 0 Å². The number of nitrogens with zero attached hydrogens (tertiary/aromatic N) is 2. The molecule has 6 nitrogen and oxygen atoms in total. The summed E-state index contributed by atoms with van der Waals surface area (Å²) in [6.07, 6.45) is 3.82. The van der Waals surface area contributed by atoms with E-state index in [1.54, 1.807) is 15.7 Å². The number of piperidine rings is 2. The summed E-state index contributed by atoms with van der Waals surface area (Å²) in [6.45, 7) is 5.20. The third-order valence-corrected chi connectivity index (χ3v) is 6.69. The molecule has 0 aromatic heterocycles. The predicted octanol–water partition coefficient (Wildman–Crippen LogP) is 0.664. The van der Waals surface area contributed by atoms with Crippen LogP contribution >= 0.6 is 0 Å². The van der Waals surface area contributed by atoms with E-state index in [0.717, 1.165) is 32.2 Å². The first-order valence-electron chi connectivity index (χ1n) is 7.86. The molecule has 2 atom stereocenters.